The predicted molar refractivity (Wildman–Crippen MR) is 116 cm³/mol. The molecule has 0 aliphatic rings. The standard InChI is InChI=1S/C20H19ClN4O5S/c1-11-8-9-14(20(27)25(2)28)15(10-11)19(26)24-23-18-16(31(3,29)30)12-6-4-5-7-13(12)17(21)22-18/h4-10,28H,1-3H3,(H,22,23)(H,24,26). The molecular formula is C20H19ClN4O5S. The van der Waals surface area contributed by atoms with Crippen LogP contribution in [-0.4, -0.2) is 48.8 Å². The number of halogens is 1. The highest BCUT2D eigenvalue weighted by Gasteiger charge is 2.23. The fourth-order valence-electron chi connectivity index (χ4n) is 3.05. The third-order valence-electron chi connectivity index (χ3n) is 4.43. The molecule has 0 aliphatic heterocycles. The molecule has 9 nitrogen and oxygen atoms in total. The van der Waals surface area contributed by atoms with Crippen molar-refractivity contribution < 1.29 is 23.2 Å². The predicted octanol–water partition coefficient (Wildman–Crippen LogP) is 2.82. The molecule has 0 saturated carbocycles. The Bertz CT molecular complexity index is 1310. The minimum Gasteiger partial charge on any atom is -0.286 e. The first-order valence-corrected chi connectivity index (χ1v) is 11.2. The summed E-state index contributed by atoms with van der Waals surface area (Å²) in [6, 6.07) is 11.1. The lowest BCUT2D eigenvalue weighted by atomic mass is 10.0. The van der Waals surface area contributed by atoms with E-state index in [1.807, 2.05) is 0 Å². The zero-order valence-corrected chi connectivity index (χ0v) is 18.4. The number of aromatic nitrogens is 1. The number of benzene rings is 2. The van der Waals surface area contributed by atoms with Gasteiger partial charge in [0.1, 0.15) is 10.0 Å². The molecule has 162 valence electrons. The summed E-state index contributed by atoms with van der Waals surface area (Å²) in [5, 5.41) is 10.7. The highest BCUT2D eigenvalue weighted by atomic mass is 35.5. The van der Waals surface area contributed by atoms with Crippen LogP contribution in [0.4, 0.5) is 5.82 Å². The molecule has 1 heterocycles. The molecular weight excluding hydrogens is 444 g/mol. The van der Waals surface area contributed by atoms with Crippen LogP contribution < -0.4 is 10.9 Å². The Morgan fingerprint density at radius 2 is 1.74 bits per heavy atom. The van der Waals surface area contributed by atoms with E-state index in [0.29, 0.717) is 21.4 Å². The third-order valence-corrected chi connectivity index (χ3v) is 5.87. The van der Waals surface area contributed by atoms with Gasteiger partial charge in [0.2, 0.25) is 0 Å². The summed E-state index contributed by atoms with van der Waals surface area (Å²) in [6.07, 6.45) is 1.02. The number of hydrogen-bond donors (Lipinski definition) is 3. The number of pyridine rings is 1. The quantitative estimate of drug-likeness (QED) is 0.302. The van der Waals surface area contributed by atoms with Crippen LogP contribution in [0.3, 0.4) is 0 Å². The van der Waals surface area contributed by atoms with Gasteiger partial charge in [-0.1, -0.05) is 47.5 Å². The molecule has 11 heteroatoms. The van der Waals surface area contributed by atoms with Gasteiger partial charge in [-0.2, -0.15) is 0 Å². The molecule has 0 aliphatic carbocycles. The summed E-state index contributed by atoms with van der Waals surface area (Å²) in [5.41, 5.74) is 5.50. The first-order valence-electron chi connectivity index (χ1n) is 8.93. The molecule has 3 rings (SSSR count). The van der Waals surface area contributed by atoms with E-state index >= 15 is 0 Å². The normalized spacial score (nSPS) is 11.3. The van der Waals surface area contributed by atoms with Crippen LogP contribution in [0.1, 0.15) is 26.3 Å². The second-order valence-electron chi connectivity index (χ2n) is 6.86. The molecule has 0 spiro atoms. The monoisotopic (exact) mass is 462 g/mol. The van der Waals surface area contributed by atoms with Crippen LogP contribution >= 0.6 is 11.6 Å². The van der Waals surface area contributed by atoms with Crippen LogP contribution in [0.25, 0.3) is 10.8 Å². The summed E-state index contributed by atoms with van der Waals surface area (Å²) in [5.74, 6) is -1.69. The van der Waals surface area contributed by atoms with E-state index in [2.05, 4.69) is 15.8 Å². The van der Waals surface area contributed by atoms with Gasteiger partial charge in [0.15, 0.2) is 15.7 Å². The number of sulfone groups is 1. The molecule has 2 aromatic carbocycles. The van der Waals surface area contributed by atoms with E-state index in [9.17, 15) is 23.2 Å². The number of hydrazine groups is 1. The second kappa shape index (κ2) is 8.50. The highest BCUT2D eigenvalue weighted by Crippen LogP contribution is 2.32. The molecule has 0 saturated heterocycles. The van der Waals surface area contributed by atoms with Crippen molar-refractivity contribution in [3.63, 3.8) is 0 Å². The maximum Gasteiger partial charge on any atom is 0.277 e. The van der Waals surface area contributed by atoms with E-state index in [0.717, 1.165) is 13.3 Å². The lowest BCUT2D eigenvalue weighted by molar-refractivity contribution is -0.0375. The van der Waals surface area contributed by atoms with Crippen molar-refractivity contribution in [2.45, 2.75) is 11.8 Å². The molecule has 0 atom stereocenters. The van der Waals surface area contributed by atoms with Gasteiger partial charge < -0.3 is 0 Å². The van der Waals surface area contributed by atoms with Crippen molar-refractivity contribution in [1.29, 1.82) is 0 Å². The summed E-state index contributed by atoms with van der Waals surface area (Å²) in [4.78, 5) is 28.9. The number of carbonyl (C=O) groups excluding carboxylic acids is 2. The van der Waals surface area contributed by atoms with Crippen molar-refractivity contribution in [2.75, 3.05) is 18.7 Å². The SMILES string of the molecule is Cc1ccc(C(=O)N(C)O)c(C(=O)NNc2nc(Cl)c3ccccc3c2S(C)(=O)=O)c1. The van der Waals surface area contributed by atoms with Crippen molar-refractivity contribution >= 4 is 49.8 Å². The summed E-state index contributed by atoms with van der Waals surface area (Å²) in [7, 11) is -2.62. The zero-order chi connectivity index (χ0) is 22.9. The van der Waals surface area contributed by atoms with Crippen molar-refractivity contribution in [2.24, 2.45) is 0 Å². The largest absolute Gasteiger partial charge is 0.286 e. The van der Waals surface area contributed by atoms with E-state index in [-0.39, 0.29) is 27.0 Å². The first-order chi connectivity index (χ1) is 14.5. The minimum atomic E-state index is -3.76. The van der Waals surface area contributed by atoms with E-state index in [1.165, 1.54) is 12.1 Å². The molecule has 0 unspecified atom stereocenters. The maximum atomic E-state index is 12.8. The van der Waals surface area contributed by atoms with Gasteiger partial charge in [-0.05, 0) is 19.1 Å². The number of nitrogens with one attached hydrogen (secondary N) is 2. The Kier molecular flexibility index (Phi) is 6.16. The molecule has 0 fully saturated rings. The van der Waals surface area contributed by atoms with Crippen molar-refractivity contribution in [1.82, 2.24) is 15.5 Å². The Labute approximate surface area is 183 Å². The number of amides is 2. The minimum absolute atomic E-state index is 0.0220. The topological polar surface area (TPSA) is 129 Å². The Morgan fingerprint density at radius 1 is 1.10 bits per heavy atom. The van der Waals surface area contributed by atoms with Crippen LogP contribution in [0.5, 0.6) is 0 Å². The van der Waals surface area contributed by atoms with Crippen LogP contribution in [0.2, 0.25) is 5.15 Å². The van der Waals surface area contributed by atoms with Gasteiger partial charge >= 0.3 is 0 Å². The Morgan fingerprint density at radius 3 is 2.35 bits per heavy atom. The van der Waals surface area contributed by atoms with E-state index < -0.39 is 21.7 Å². The number of anilines is 1. The molecule has 3 aromatic rings. The molecule has 0 radical (unpaired) electrons. The Hall–Kier alpha value is -3.21. The van der Waals surface area contributed by atoms with Gasteiger partial charge in [0, 0.05) is 24.1 Å². The van der Waals surface area contributed by atoms with Gasteiger partial charge in [0.25, 0.3) is 11.8 Å². The summed E-state index contributed by atoms with van der Waals surface area (Å²) < 4.78 is 24.9. The number of rotatable bonds is 5. The number of fused-ring (bicyclic) bond motifs is 1. The van der Waals surface area contributed by atoms with Crippen LogP contribution in [0.15, 0.2) is 47.4 Å². The number of aryl methyl sites for hydroxylation is 1. The first kappa shape index (κ1) is 22.5. The average molecular weight is 463 g/mol. The molecule has 31 heavy (non-hydrogen) atoms. The van der Waals surface area contributed by atoms with Crippen LogP contribution in [-0.2, 0) is 9.84 Å². The second-order valence-corrected chi connectivity index (χ2v) is 9.17. The van der Waals surface area contributed by atoms with Gasteiger partial charge in [0.05, 0.1) is 11.1 Å². The fraction of sp³-hybridized carbons (Fsp3) is 0.150. The average Bonchev–Trinajstić information content (AvgIpc) is 2.70. The Balaban J connectivity index is 2.02. The number of carbonyl (C=O) groups is 2. The summed E-state index contributed by atoms with van der Waals surface area (Å²) >= 11 is 6.20. The zero-order valence-electron chi connectivity index (χ0n) is 16.8. The molecule has 2 amide bonds. The van der Waals surface area contributed by atoms with Crippen molar-refractivity contribution in [3.8, 4) is 0 Å². The number of hydrogen-bond acceptors (Lipinski definition) is 7. The summed E-state index contributed by atoms with van der Waals surface area (Å²) in [6.45, 7) is 1.73. The molecule has 0 bridgehead atoms. The third kappa shape index (κ3) is 4.61. The fourth-order valence-corrected chi connectivity index (χ4v) is 4.32. The molecule has 1 aromatic heterocycles. The number of hydroxylamine groups is 2. The number of nitrogens with zero attached hydrogens (tertiary/aromatic N) is 2. The lowest BCUT2D eigenvalue weighted by Crippen LogP contribution is -2.33. The smallest absolute Gasteiger partial charge is 0.277 e. The van der Waals surface area contributed by atoms with Crippen LogP contribution in [0, 0.1) is 6.92 Å². The highest BCUT2D eigenvalue weighted by molar-refractivity contribution is 7.91. The van der Waals surface area contributed by atoms with Crippen molar-refractivity contribution in [3.05, 3.63) is 64.3 Å². The van der Waals surface area contributed by atoms with E-state index in [1.54, 1.807) is 37.3 Å². The van der Waals surface area contributed by atoms with Gasteiger partial charge in [-0.25, -0.2) is 18.5 Å². The van der Waals surface area contributed by atoms with Gasteiger partial charge in [-0.3, -0.25) is 25.6 Å². The lowest BCUT2D eigenvalue weighted by Gasteiger charge is -2.16. The van der Waals surface area contributed by atoms with Gasteiger partial charge in [-0.15, -0.1) is 0 Å². The van der Waals surface area contributed by atoms with E-state index in [4.69, 9.17) is 11.6 Å². The maximum absolute atomic E-state index is 12.8. The molecule has 3 N–H and O–H groups in total.